The predicted molar refractivity (Wildman–Crippen MR) is 110 cm³/mol. The lowest BCUT2D eigenvalue weighted by Crippen LogP contribution is -2.44. The van der Waals surface area contributed by atoms with E-state index in [4.69, 9.17) is 18.9 Å². The number of carbonyl (C=O) groups excluding carboxylic acids is 1. The number of ketones is 1. The molecule has 2 aromatic carbocycles. The second kappa shape index (κ2) is 7.89. The molecule has 0 radical (unpaired) electrons. The minimum Gasteiger partial charge on any atom is -0.497 e. The standard InChI is InChI=1S/C24H21NO5/c1-27-17-9-6-16(7-10-17)24-28-14-22-20(30-24)12-13-21(29-22)23(26)19-11-8-15-4-2-3-5-18(15)25-19/h2-11,13,20,22,24H,12,14H2,1H3/t20-,22+,24?/m0/s1. The fourth-order valence-corrected chi connectivity index (χ4v) is 3.73. The highest BCUT2D eigenvalue weighted by molar-refractivity contribution is 6.07. The van der Waals surface area contributed by atoms with E-state index in [1.165, 1.54) is 0 Å². The third kappa shape index (κ3) is 3.56. The van der Waals surface area contributed by atoms with Crippen LogP contribution in [0.5, 0.6) is 5.75 Å². The highest BCUT2D eigenvalue weighted by atomic mass is 16.7. The average Bonchev–Trinajstić information content (AvgIpc) is 2.82. The zero-order valence-corrected chi connectivity index (χ0v) is 16.5. The number of benzene rings is 2. The van der Waals surface area contributed by atoms with Crippen LogP contribution < -0.4 is 4.74 Å². The highest BCUT2D eigenvalue weighted by Gasteiger charge is 2.38. The number of hydrogen-bond acceptors (Lipinski definition) is 6. The number of ether oxygens (including phenoxy) is 4. The molecule has 6 heteroatoms. The normalized spacial score (nSPS) is 23.2. The molecule has 3 heterocycles. The van der Waals surface area contributed by atoms with Crippen LogP contribution in [0.3, 0.4) is 0 Å². The van der Waals surface area contributed by atoms with Gasteiger partial charge in [-0.05, 0) is 36.8 Å². The lowest BCUT2D eigenvalue weighted by atomic mass is 10.0. The Morgan fingerprint density at radius 2 is 1.87 bits per heavy atom. The van der Waals surface area contributed by atoms with Gasteiger partial charge in [0.25, 0.3) is 0 Å². The number of carbonyl (C=O) groups is 1. The Hall–Kier alpha value is -3.22. The summed E-state index contributed by atoms with van der Waals surface area (Å²) in [7, 11) is 1.63. The molecule has 0 spiro atoms. The van der Waals surface area contributed by atoms with Gasteiger partial charge in [-0.3, -0.25) is 4.79 Å². The lowest BCUT2D eigenvalue weighted by Gasteiger charge is -2.38. The molecule has 1 fully saturated rings. The van der Waals surface area contributed by atoms with Crippen LogP contribution in [0.4, 0.5) is 0 Å². The zero-order valence-electron chi connectivity index (χ0n) is 16.5. The topological polar surface area (TPSA) is 66.9 Å². The van der Waals surface area contributed by atoms with E-state index in [0.29, 0.717) is 24.5 Å². The van der Waals surface area contributed by atoms with Gasteiger partial charge in [0.15, 0.2) is 12.0 Å². The van der Waals surface area contributed by atoms with Crippen LogP contribution in [-0.4, -0.2) is 36.7 Å². The predicted octanol–water partition coefficient (Wildman–Crippen LogP) is 4.21. The summed E-state index contributed by atoms with van der Waals surface area (Å²) in [5, 5.41) is 0.992. The number of hydrogen-bond donors (Lipinski definition) is 0. The number of allylic oxidation sites excluding steroid dienone is 1. The summed E-state index contributed by atoms with van der Waals surface area (Å²) in [5.41, 5.74) is 2.07. The smallest absolute Gasteiger partial charge is 0.245 e. The summed E-state index contributed by atoms with van der Waals surface area (Å²) in [4.78, 5) is 17.4. The molecule has 152 valence electrons. The third-order valence-electron chi connectivity index (χ3n) is 5.38. The number of Topliss-reactive ketones (excluding diaryl/α,β-unsaturated/α-hetero) is 1. The van der Waals surface area contributed by atoms with Crippen molar-refractivity contribution in [1.29, 1.82) is 0 Å². The van der Waals surface area contributed by atoms with E-state index in [1.54, 1.807) is 19.3 Å². The minimum absolute atomic E-state index is 0.174. The highest BCUT2D eigenvalue weighted by Crippen LogP contribution is 2.34. The SMILES string of the molecule is COc1ccc(C2OC[C@H]3OC(C(=O)c4ccc5ccccc5n4)=CC[C@@H]3O2)cc1. The van der Waals surface area contributed by atoms with E-state index in [2.05, 4.69) is 4.98 Å². The Morgan fingerprint density at radius 3 is 2.70 bits per heavy atom. The monoisotopic (exact) mass is 403 g/mol. The molecular formula is C24H21NO5. The summed E-state index contributed by atoms with van der Waals surface area (Å²) in [6.45, 7) is 0.344. The molecule has 3 aromatic rings. The fourth-order valence-electron chi connectivity index (χ4n) is 3.73. The maximum absolute atomic E-state index is 12.9. The molecule has 2 aliphatic heterocycles. The van der Waals surface area contributed by atoms with Gasteiger partial charge in [0.05, 0.1) is 19.2 Å². The molecular weight excluding hydrogens is 382 g/mol. The van der Waals surface area contributed by atoms with Gasteiger partial charge in [-0.2, -0.15) is 0 Å². The molecule has 1 saturated heterocycles. The molecule has 30 heavy (non-hydrogen) atoms. The van der Waals surface area contributed by atoms with Crippen molar-refractivity contribution >= 4 is 16.7 Å². The van der Waals surface area contributed by atoms with Gasteiger partial charge in [0.2, 0.25) is 5.78 Å². The largest absolute Gasteiger partial charge is 0.497 e. The summed E-state index contributed by atoms with van der Waals surface area (Å²) in [6, 6.07) is 18.9. The van der Waals surface area contributed by atoms with Crippen molar-refractivity contribution in [2.24, 2.45) is 0 Å². The molecule has 5 rings (SSSR count). The Morgan fingerprint density at radius 1 is 1.03 bits per heavy atom. The Bertz CT molecular complexity index is 1110. The number of nitrogens with zero attached hydrogens (tertiary/aromatic N) is 1. The van der Waals surface area contributed by atoms with Crippen LogP contribution in [0, 0.1) is 0 Å². The van der Waals surface area contributed by atoms with E-state index in [1.807, 2.05) is 54.6 Å². The Kier molecular flexibility index (Phi) is 4.94. The van der Waals surface area contributed by atoms with Crippen LogP contribution in [0.25, 0.3) is 10.9 Å². The van der Waals surface area contributed by atoms with E-state index in [9.17, 15) is 4.79 Å². The van der Waals surface area contributed by atoms with E-state index in [0.717, 1.165) is 22.2 Å². The second-order valence-electron chi connectivity index (χ2n) is 7.29. The van der Waals surface area contributed by atoms with Crippen molar-refractivity contribution in [3.8, 4) is 5.75 Å². The first-order chi connectivity index (χ1) is 14.7. The average molecular weight is 403 g/mol. The van der Waals surface area contributed by atoms with Gasteiger partial charge in [-0.25, -0.2) is 4.98 Å². The number of rotatable bonds is 4. The number of para-hydroxylation sites is 1. The van der Waals surface area contributed by atoms with Crippen molar-refractivity contribution in [3.63, 3.8) is 0 Å². The minimum atomic E-state index is -0.464. The molecule has 0 saturated carbocycles. The molecule has 2 aliphatic rings. The van der Waals surface area contributed by atoms with Gasteiger partial charge in [-0.1, -0.05) is 36.4 Å². The van der Waals surface area contributed by atoms with E-state index in [-0.39, 0.29) is 18.0 Å². The van der Waals surface area contributed by atoms with Crippen molar-refractivity contribution in [2.75, 3.05) is 13.7 Å². The first-order valence-corrected chi connectivity index (χ1v) is 9.89. The zero-order chi connectivity index (χ0) is 20.5. The molecule has 1 unspecified atom stereocenters. The van der Waals surface area contributed by atoms with Crippen LogP contribution in [0.15, 0.2) is 72.5 Å². The molecule has 0 amide bonds. The Labute approximate surface area is 174 Å². The van der Waals surface area contributed by atoms with Gasteiger partial charge in [0.1, 0.15) is 23.7 Å². The molecule has 0 bridgehead atoms. The summed E-state index contributed by atoms with van der Waals surface area (Å²) in [6.07, 6.45) is 1.40. The van der Waals surface area contributed by atoms with Crippen LogP contribution >= 0.6 is 0 Å². The molecule has 0 aliphatic carbocycles. The van der Waals surface area contributed by atoms with Crippen LogP contribution in [0.1, 0.15) is 28.8 Å². The van der Waals surface area contributed by atoms with Gasteiger partial charge < -0.3 is 18.9 Å². The quantitative estimate of drug-likeness (QED) is 0.608. The van der Waals surface area contributed by atoms with Gasteiger partial charge in [-0.15, -0.1) is 0 Å². The Balaban J connectivity index is 1.29. The third-order valence-corrected chi connectivity index (χ3v) is 5.38. The molecule has 1 aromatic heterocycles. The number of aromatic nitrogens is 1. The van der Waals surface area contributed by atoms with Crippen molar-refractivity contribution in [2.45, 2.75) is 24.9 Å². The number of methoxy groups -OCH3 is 1. The van der Waals surface area contributed by atoms with Crippen molar-refractivity contribution in [1.82, 2.24) is 4.98 Å². The van der Waals surface area contributed by atoms with Crippen LogP contribution in [-0.2, 0) is 14.2 Å². The number of fused-ring (bicyclic) bond motifs is 2. The summed E-state index contributed by atoms with van der Waals surface area (Å²) in [5.74, 6) is 0.854. The van der Waals surface area contributed by atoms with Crippen LogP contribution in [0.2, 0.25) is 0 Å². The molecule has 6 nitrogen and oxygen atoms in total. The van der Waals surface area contributed by atoms with E-state index >= 15 is 0 Å². The van der Waals surface area contributed by atoms with Crippen molar-refractivity contribution in [3.05, 3.63) is 83.8 Å². The van der Waals surface area contributed by atoms with Gasteiger partial charge in [0, 0.05) is 10.9 Å². The number of pyridine rings is 1. The lowest BCUT2D eigenvalue weighted by molar-refractivity contribution is -0.261. The molecule has 3 atom stereocenters. The van der Waals surface area contributed by atoms with E-state index < -0.39 is 6.29 Å². The summed E-state index contributed by atoms with van der Waals surface area (Å²) >= 11 is 0. The first kappa shape index (κ1) is 18.8. The second-order valence-corrected chi connectivity index (χ2v) is 7.29. The first-order valence-electron chi connectivity index (χ1n) is 9.89. The molecule has 0 N–H and O–H groups in total. The maximum atomic E-state index is 12.9. The fraction of sp³-hybridized carbons (Fsp3) is 0.250. The maximum Gasteiger partial charge on any atom is 0.245 e. The van der Waals surface area contributed by atoms with Crippen molar-refractivity contribution < 1.29 is 23.7 Å². The van der Waals surface area contributed by atoms with Gasteiger partial charge >= 0.3 is 0 Å². The summed E-state index contributed by atoms with van der Waals surface area (Å²) < 4.78 is 23.1.